The number of nitrogens with one attached hydrogen (secondary N) is 1. The highest BCUT2D eigenvalue weighted by molar-refractivity contribution is 7.85. The van der Waals surface area contributed by atoms with Gasteiger partial charge in [0.05, 0.1) is 6.20 Å². The van der Waals surface area contributed by atoms with Crippen molar-refractivity contribution in [2.45, 2.75) is 62.2 Å². The maximum Gasteiger partial charge on any atom is 0.316 e. The Kier molecular flexibility index (Phi) is 6.72. The van der Waals surface area contributed by atoms with Crippen molar-refractivity contribution in [2.75, 3.05) is 12.4 Å². The van der Waals surface area contributed by atoms with Crippen molar-refractivity contribution in [1.29, 1.82) is 0 Å². The first-order chi connectivity index (χ1) is 13.7. The van der Waals surface area contributed by atoms with E-state index in [4.69, 9.17) is 15.6 Å². The quantitative estimate of drug-likeness (QED) is 0.682. The van der Waals surface area contributed by atoms with Crippen molar-refractivity contribution >= 4 is 34.0 Å². The number of nitrogens with two attached hydrogens (primary N) is 2. The van der Waals surface area contributed by atoms with Crippen LogP contribution in [0.3, 0.4) is 0 Å². The van der Waals surface area contributed by atoms with E-state index in [0.29, 0.717) is 4.21 Å². The van der Waals surface area contributed by atoms with E-state index in [-0.39, 0.29) is 0 Å². The van der Waals surface area contributed by atoms with Gasteiger partial charge in [0.2, 0.25) is 0 Å². The van der Waals surface area contributed by atoms with Crippen LogP contribution >= 0.6 is 11.3 Å². The molecule has 2 amide bonds. The van der Waals surface area contributed by atoms with Crippen LogP contribution in [0.5, 0.6) is 0 Å². The normalized spacial score (nSPS) is 15.9. The summed E-state index contributed by atoms with van der Waals surface area (Å²) < 4.78 is 16.7. The van der Waals surface area contributed by atoms with Crippen LogP contribution < -0.4 is 16.2 Å². The molecule has 0 saturated carbocycles. The minimum absolute atomic E-state index is 0.436. The summed E-state index contributed by atoms with van der Waals surface area (Å²) in [6.45, 7) is 3.80. The Morgan fingerprint density at radius 2 is 1.79 bits per heavy atom. The zero-order valence-corrected chi connectivity index (χ0v) is 18.7. The Balaban J connectivity index is 0.000000170. The number of amides is 2. The average Bonchev–Trinajstić information content (AvgIpc) is 3.41. The topological polar surface area (TPSA) is 120 Å². The molecule has 0 aliphatic heterocycles. The number of fused-ring (bicyclic) bond motifs is 2. The van der Waals surface area contributed by atoms with Crippen molar-refractivity contribution in [1.82, 2.24) is 4.98 Å². The van der Waals surface area contributed by atoms with E-state index in [1.165, 1.54) is 52.6 Å². The molecule has 158 valence electrons. The molecule has 29 heavy (non-hydrogen) atoms. The number of thiazole rings is 1. The van der Waals surface area contributed by atoms with Crippen LogP contribution in [0.15, 0.2) is 16.5 Å². The summed E-state index contributed by atoms with van der Waals surface area (Å²) in [6.07, 6.45) is 8.39. The number of aromatic nitrogens is 1. The summed E-state index contributed by atoms with van der Waals surface area (Å²) in [5.74, 6) is 0. The van der Waals surface area contributed by atoms with E-state index in [0.717, 1.165) is 36.4 Å². The van der Waals surface area contributed by atoms with Gasteiger partial charge >= 0.3 is 6.03 Å². The first-order valence-corrected chi connectivity index (χ1v) is 11.7. The van der Waals surface area contributed by atoms with Crippen LogP contribution in [0.1, 0.15) is 54.0 Å². The molecule has 7 nitrogen and oxygen atoms in total. The van der Waals surface area contributed by atoms with Gasteiger partial charge in [0, 0.05) is 12.8 Å². The monoisotopic (exact) mass is 436 g/mol. The van der Waals surface area contributed by atoms with E-state index in [1.807, 2.05) is 13.8 Å². The number of nitrogens with zero attached hydrogens (tertiary/aromatic N) is 1. The number of methoxy groups -OCH3 is 1. The van der Waals surface area contributed by atoms with E-state index >= 15 is 0 Å². The minimum atomic E-state index is -1.44. The summed E-state index contributed by atoms with van der Waals surface area (Å²) in [5, 5.41) is 8.84. The Labute approximate surface area is 177 Å². The molecule has 0 bridgehead atoms. The second-order valence-electron chi connectivity index (χ2n) is 7.72. The number of carbonyl (C=O) groups excluding carboxylic acids is 1. The van der Waals surface area contributed by atoms with Gasteiger partial charge in [-0.15, -0.1) is 11.3 Å². The molecule has 0 fully saturated rings. The maximum atomic E-state index is 11.1. The van der Waals surface area contributed by atoms with Crippen molar-refractivity contribution < 1.29 is 13.7 Å². The molecule has 9 heteroatoms. The van der Waals surface area contributed by atoms with Gasteiger partial charge in [-0.05, 0) is 74.6 Å². The number of primary amides is 1. The molecule has 2 aliphatic carbocycles. The molecule has 2 aromatic rings. The number of rotatable bonds is 4. The lowest BCUT2D eigenvalue weighted by molar-refractivity contribution is 0.0190. The zero-order valence-electron chi connectivity index (χ0n) is 17.0. The molecule has 1 atom stereocenters. The van der Waals surface area contributed by atoms with Gasteiger partial charge in [0.1, 0.15) is 25.8 Å². The number of hydrogen-bond acceptors (Lipinski definition) is 5. The number of benzene rings is 1. The second-order valence-corrected chi connectivity index (χ2v) is 10.0. The molecule has 1 heterocycles. The first-order valence-electron chi connectivity index (χ1n) is 9.63. The standard InChI is InChI=1S/C13H16N2O.C7H12N2O2S2/c14-13(16)15-12-10-5-1-3-8(10)7-9-4-2-6-11(9)12;1-7(2,11-3)6-9-4-5(12-6)13(8)10/h7H,1-6H2,(H3,14,15,16);4H,8H2,1-3H3. The van der Waals surface area contributed by atoms with Gasteiger partial charge in [0.15, 0.2) is 0 Å². The maximum absolute atomic E-state index is 11.1. The first kappa shape index (κ1) is 21.9. The molecule has 0 saturated heterocycles. The Hall–Kier alpha value is -1.81. The second kappa shape index (κ2) is 8.91. The van der Waals surface area contributed by atoms with Crippen molar-refractivity contribution in [3.8, 4) is 0 Å². The highest BCUT2D eigenvalue weighted by Crippen LogP contribution is 2.38. The summed E-state index contributed by atoms with van der Waals surface area (Å²) in [6, 6.07) is 1.91. The summed E-state index contributed by atoms with van der Waals surface area (Å²) in [4.78, 5) is 15.2. The molecule has 4 rings (SSSR count). The molecule has 1 aromatic carbocycles. The molecule has 5 N–H and O–H groups in total. The van der Waals surface area contributed by atoms with Gasteiger partial charge in [-0.1, -0.05) is 6.07 Å². The smallest absolute Gasteiger partial charge is 0.316 e. The van der Waals surface area contributed by atoms with Crippen LogP contribution in [0, 0.1) is 0 Å². The fraction of sp³-hybridized carbons (Fsp3) is 0.500. The van der Waals surface area contributed by atoms with E-state index < -0.39 is 22.6 Å². The van der Waals surface area contributed by atoms with E-state index in [1.54, 1.807) is 7.11 Å². The lowest BCUT2D eigenvalue weighted by Crippen LogP contribution is -2.21. The van der Waals surface area contributed by atoms with Crippen molar-refractivity contribution in [3.05, 3.63) is 39.5 Å². The van der Waals surface area contributed by atoms with Crippen LogP contribution in [0.4, 0.5) is 10.5 Å². The van der Waals surface area contributed by atoms with Gasteiger partial charge in [0.25, 0.3) is 0 Å². The SMILES string of the molecule is COC(C)(C)c1ncc(S(N)=O)s1.NC(=O)Nc1c2c(cc3c1CCC3)CCC2. The van der Waals surface area contributed by atoms with Crippen LogP contribution in [-0.2, 0) is 47.0 Å². The number of anilines is 1. The lowest BCUT2D eigenvalue weighted by atomic mass is 9.99. The molecular weight excluding hydrogens is 408 g/mol. The fourth-order valence-electron chi connectivity index (χ4n) is 3.81. The highest BCUT2D eigenvalue weighted by Gasteiger charge is 2.25. The molecule has 1 unspecified atom stereocenters. The highest BCUT2D eigenvalue weighted by atomic mass is 32.2. The van der Waals surface area contributed by atoms with Gasteiger partial charge in [-0.2, -0.15) is 0 Å². The third-order valence-electron chi connectivity index (χ3n) is 5.43. The lowest BCUT2D eigenvalue weighted by Gasteiger charge is -2.19. The summed E-state index contributed by atoms with van der Waals surface area (Å²) >= 11 is 1.31. The Bertz CT molecular complexity index is 908. The van der Waals surface area contributed by atoms with Crippen LogP contribution in [0.2, 0.25) is 0 Å². The van der Waals surface area contributed by atoms with Crippen LogP contribution in [0.25, 0.3) is 0 Å². The summed E-state index contributed by atoms with van der Waals surface area (Å²) in [5.41, 5.74) is 11.4. The van der Waals surface area contributed by atoms with Crippen LogP contribution in [-0.4, -0.2) is 22.3 Å². The number of aryl methyl sites for hydroxylation is 2. The van der Waals surface area contributed by atoms with Gasteiger partial charge < -0.3 is 15.8 Å². The average molecular weight is 437 g/mol. The third kappa shape index (κ3) is 4.85. The van der Waals surface area contributed by atoms with Gasteiger partial charge in [-0.3, -0.25) is 0 Å². The fourth-order valence-corrected chi connectivity index (χ4v) is 5.26. The third-order valence-corrected chi connectivity index (χ3v) is 7.77. The number of ether oxygens (including phenoxy) is 1. The Morgan fingerprint density at radius 3 is 2.24 bits per heavy atom. The molecule has 1 aromatic heterocycles. The summed E-state index contributed by atoms with van der Waals surface area (Å²) in [7, 11) is 0.167. The predicted molar refractivity (Wildman–Crippen MR) is 116 cm³/mol. The largest absolute Gasteiger partial charge is 0.372 e. The number of hydrogen-bond donors (Lipinski definition) is 3. The van der Waals surface area contributed by atoms with E-state index in [9.17, 15) is 9.00 Å². The molecule has 0 radical (unpaired) electrons. The zero-order chi connectivity index (χ0) is 21.2. The van der Waals surface area contributed by atoms with Crippen molar-refractivity contribution in [3.63, 3.8) is 0 Å². The Morgan fingerprint density at radius 1 is 1.21 bits per heavy atom. The van der Waals surface area contributed by atoms with Crippen molar-refractivity contribution in [2.24, 2.45) is 10.9 Å². The molecule has 0 spiro atoms. The minimum Gasteiger partial charge on any atom is -0.372 e. The van der Waals surface area contributed by atoms with Gasteiger partial charge in [-0.25, -0.2) is 19.1 Å². The number of urea groups is 1. The molecular formula is C20H28N4O3S2. The predicted octanol–water partition coefficient (Wildman–Crippen LogP) is 3.16. The molecule has 2 aliphatic rings. The van der Waals surface area contributed by atoms with E-state index in [2.05, 4.69) is 16.4 Å². The number of carbonyl (C=O) groups is 1.